The number of H-pyrrole nitrogens is 1. The van der Waals surface area contributed by atoms with Crippen molar-refractivity contribution in [1.29, 1.82) is 0 Å². The molecule has 1 aliphatic carbocycles. The Morgan fingerprint density at radius 2 is 1.83 bits per heavy atom. The van der Waals surface area contributed by atoms with Crippen LogP contribution < -0.4 is 10.2 Å². The Bertz CT molecular complexity index is 1410. The van der Waals surface area contributed by atoms with Gasteiger partial charge in [0.15, 0.2) is 0 Å². The Balaban J connectivity index is 1.36. The summed E-state index contributed by atoms with van der Waals surface area (Å²) in [6, 6.07) is 11.8. The lowest BCUT2D eigenvalue weighted by Gasteiger charge is -2.34. The zero-order valence-electron chi connectivity index (χ0n) is 20.6. The maximum atomic E-state index is 15.7. The number of hydrogen-bond donors (Lipinski definition) is 2. The molecule has 1 atom stereocenters. The number of piperazine rings is 1. The second kappa shape index (κ2) is 9.26. The fourth-order valence-corrected chi connectivity index (χ4v) is 5.48. The van der Waals surface area contributed by atoms with Crippen molar-refractivity contribution in [1.82, 2.24) is 25.4 Å². The highest BCUT2D eigenvalue weighted by molar-refractivity contribution is 5.94. The first-order chi connectivity index (χ1) is 17.5. The lowest BCUT2D eigenvalue weighted by molar-refractivity contribution is 0.313. The normalized spacial score (nSPS) is 18.6. The highest BCUT2D eigenvalue weighted by Crippen LogP contribution is 2.36. The first-order valence-electron chi connectivity index (χ1n) is 12.6. The minimum absolute atomic E-state index is 0.0648. The van der Waals surface area contributed by atoms with E-state index >= 15 is 8.78 Å². The van der Waals surface area contributed by atoms with Crippen LogP contribution >= 0.6 is 0 Å². The Morgan fingerprint density at radius 3 is 2.58 bits per heavy atom. The fourth-order valence-electron chi connectivity index (χ4n) is 5.48. The molecule has 0 amide bonds. The van der Waals surface area contributed by atoms with Gasteiger partial charge in [0.2, 0.25) is 0 Å². The number of fused-ring (bicyclic) bond motifs is 2. The summed E-state index contributed by atoms with van der Waals surface area (Å²) in [6.45, 7) is 4.10. The van der Waals surface area contributed by atoms with E-state index in [0.29, 0.717) is 18.4 Å². The van der Waals surface area contributed by atoms with E-state index in [2.05, 4.69) is 61.6 Å². The average molecular weight is 489 g/mol. The summed E-state index contributed by atoms with van der Waals surface area (Å²) in [7, 11) is 4.03. The van der Waals surface area contributed by atoms with Gasteiger partial charge in [-0.2, -0.15) is 5.10 Å². The summed E-state index contributed by atoms with van der Waals surface area (Å²) < 4.78 is 30.8. The highest BCUT2D eigenvalue weighted by Gasteiger charge is 2.26. The molecule has 0 bridgehead atoms. The maximum Gasteiger partial charge on any atom is 0.139 e. The van der Waals surface area contributed by atoms with Crippen LogP contribution in [0, 0.1) is 11.6 Å². The minimum atomic E-state index is -0.567. The number of likely N-dealkylation sites (N-methyl/N-ethyl adjacent to an activating group) is 2. The van der Waals surface area contributed by atoms with Crippen LogP contribution in [0.15, 0.2) is 42.6 Å². The second-order valence-electron chi connectivity index (χ2n) is 9.94. The van der Waals surface area contributed by atoms with E-state index in [0.717, 1.165) is 60.3 Å². The average Bonchev–Trinajstić information content (AvgIpc) is 3.32. The molecule has 0 spiro atoms. The number of rotatable bonds is 4. The highest BCUT2D eigenvalue weighted by atomic mass is 19.1. The molecule has 2 aliphatic rings. The number of nitrogens with one attached hydrogen (secondary N) is 2. The predicted molar refractivity (Wildman–Crippen MR) is 139 cm³/mol. The molecule has 1 unspecified atom stereocenters. The zero-order chi connectivity index (χ0) is 24.8. The quantitative estimate of drug-likeness (QED) is 0.446. The summed E-state index contributed by atoms with van der Waals surface area (Å²) in [6.07, 6.45) is 3.69. The smallest absolute Gasteiger partial charge is 0.139 e. The topological polar surface area (TPSA) is 60.1 Å². The standard InChI is InChI=1S/C28H30F2N6/c1-31-19-6-3-18-13-23(29)26(27(30)21(18)14-19)24-15-22-25(16-32-24)33-34-28(22)17-4-7-20(8-5-17)36-11-9-35(2)10-12-36/h4-5,7-8,13,15-16,19,31H,3,6,9-12,14H2,1-2H3,(H,33,34). The molecule has 1 aliphatic heterocycles. The van der Waals surface area contributed by atoms with E-state index in [-0.39, 0.29) is 17.3 Å². The van der Waals surface area contributed by atoms with E-state index in [1.165, 1.54) is 11.8 Å². The molecule has 186 valence electrons. The van der Waals surface area contributed by atoms with Crippen LogP contribution in [0.4, 0.5) is 14.5 Å². The molecule has 0 radical (unpaired) electrons. The Hall–Kier alpha value is -3.36. The molecule has 3 heterocycles. The van der Waals surface area contributed by atoms with E-state index in [1.54, 1.807) is 12.3 Å². The third-order valence-corrected chi connectivity index (χ3v) is 7.75. The van der Waals surface area contributed by atoms with E-state index in [4.69, 9.17) is 0 Å². The van der Waals surface area contributed by atoms with E-state index < -0.39 is 11.6 Å². The van der Waals surface area contributed by atoms with Crippen molar-refractivity contribution in [3.8, 4) is 22.5 Å². The molecular formula is C28H30F2N6. The van der Waals surface area contributed by atoms with Crippen molar-refractivity contribution >= 4 is 16.6 Å². The lowest BCUT2D eigenvalue weighted by Crippen LogP contribution is -2.44. The maximum absolute atomic E-state index is 15.7. The molecule has 2 N–H and O–H groups in total. The summed E-state index contributed by atoms with van der Waals surface area (Å²) in [4.78, 5) is 9.11. The summed E-state index contributed by atoms with van der Waals surface area (Å²) in [5, 5.41) is 11.5. The van der Waals surface area contributed by atoms with Gasteiger partial charge >= 0.3 is 0 Å². The van der Waals surface area contributed by atoms with Crippen molar-refractivity contribution < 1.29 is 8.78 Å². The molecular weight excluding hydrogens is 458 g/mol. The first kappa shape index (κ1) is 23.1. The van der Waals surface area contributed by atoms with Gasteiger partial charge in [0.25, 0.3) is 0 Å². The van der Waals surface area contributed by atoms with Crippen LogP contribution in [-0.2, 0) is 12.8 Å². The Labute approximate surface area is 209 Å². The largest absolute Gasteiger partial charge is 0.369 e. The van der Waals surface area contributed by atoms with Gasteiger partial charge in [-0.3, -0.25) is 10.1 Å². The molecule has 36 heavy (non-hydrogen) atoms. The SMILES string of the molecule is CNC1CCc2cc(F)c(-c3cc4c(-c5ccc(N6CCN(C)CC6)cc5)n[nH]c4cn3)c(F)c2C1. The lowest BCUT2D eigenvalue weighted by atomic mass is 9.86. The second-order valence-corrected chi connectivity index (χ2v) is 9.94. The molecule has 1 fully saturated rings. The molecule has 4 aromatic rings. The molecule has 2 aromatic carbocycles. The van der Waals surface area contributed by atoms with Crippen LogP contribution in [-0.4, -0.2) is 66.4 Å². The molecule has 6 nitrogen and oxygen atoms in total. The van der Waals surface area contributed by atoms with Crippen LogP contribution in [0.25, 0.3) is 33.4 Å². The Morgan fingerprint density at radius 1 is 1.06 bits per heavy atom. The minimum Gasteiger partial charge on any atom is -0.369 e. The van der Waals surface area contributed by atoms with E-state index in [1.807, 2.05) is 7.05 Å². The first-order valence-corrected chi connectivity index (χ1v) is 12.6. The summed E-state index contributed by atoms with van der Waals surface area (Å²) >= 11 is 0. The van der Waals surface area contributed by atoms with Crippen LogP contribution in [0.1, 0.15) is 17.5 Å². The predicted octanol–water partition coefficient (Wildman–Crippen LogP) is 4.40. The van der Waals surface area contributed by atoms with Crippen molar-refractivity contribution in [3.63, 3.8) is 0 Å². The number of anilines is 1. The molecule has 1 saturated heterocycles. The van der Waals surface area contributed by atoms with Crippen LogP contribution in [0.5, 0.6) is 0 Å². The van der Waals surface area contributed by atoms with Crippen molar-refractivity contribution in [3.05, 3.63) is 65.4 Å². The Kier molecular flexibility index (Phi) is 5.93. The third kappa shape index (κ3) is 4.04. The van der Waals surface area contributed by atoms with Gasteiger partial charge in [0, 0.05) is 48.9 Å². The van der Waals surface area contributed by atoms with E-state index in [9.17, 15) is 0 Å². The van der Waals surface area contributed by atoms with Gasteiger partial charge in [-0.25, -0.2) is 8.78 Å². The van der Waals surface area contributed by atoms with Gasteiger partial charge < -0.3 is 15.1 Å². The van der Waals surface area contributed by atoms with Gasteiger partial charge in [-0.05, 0) is 68.8 Å². The number of aromatic amines is 1. The molecule has 6 rings (SSSR count). The third-order valence-electron chi connectivity index (χ3n) is 7.75. The number of aromatic nitrogens is 3. The molecule has 0 saturated carbocycles. The van der Waals surface area contributed by atoms with Crippen molar-refractivity contribution in [2.75, 3.05) is 45.2 Å². The van der Waals surface area contributed by atoms with Crippen molar-refractivity contribution in [2.24, 2.45) is 0 Å². The van der Waals surface area contributed by atoms with Gasteiger partial charge in [-0.15, -0.1) is 0 Å². The zero-order valence-corrected chi connectivity index (χ0v) is 20.6. The number of pyridine rings is 1. The van der Waals surface area contributed by atoms with Gasteiger partial charge in [-0.1, -0.05) is 12.1 Å². The van der Waals surface area contributed by atoms with Crippen molar-refractivity contribution in [2.45, 2.75) is 25.3 Å². The summed E-state index contributed by atoms with van der Waals surface area (Å²) in [5.74, 6) is -1.07. The van der Waals surface area contributed by atoms with Crippen LogP contribution in [0.2, 0.25) is 0 Å². The number of hydrogen-bond acceptors (Lipinski definition) is 5. The number of nitrogens with zero attached hydrogens (tertiary/aromatic N) is 4. The monoisotopic (exact) mass is 488 g/mol. The fraction of sp³-hybridized carbons (Fsp3) is 0.357. The number of aryl methyl sites for hydroxylation is 1. The summed E-state index contributed by atoms with van der Waals surface area (Å²) in [5.41, 5.74) is 5.16. The number of halogens is 2. The molecule has 8 heteroatoms. The van der Waals surface area contributed by atoms with Gasteiger partial charge in [0.1, 0.15) is 17.3 Å². The number of benzene rings is 2. The van der Waals surface area contributed by atoms with Gasteiger partial charge in [0.05, 0.1) is 23.0 Å². The van der Waals surface area contributed by atoms with Crippen LogP contribution in [0.3, 0.4) is 0 Å². The molecule has 2 aromatic heterocycles.